The van der Waals surface area contributed by atoms with Crippen LogP contribution in [0.4, 0.5) is 10.7 Å². The lowest BCUT2D eigenvalue weighted by Crippen LogP contribution is -2.17. The molecule has 1 aromatic carbocycles. The summed E-state index contributed by atoms with van der Waals surface area (Å²) >= 11 is 7.21. The van der Waals surface area contributed by atoms with E-state index in [1.165, 1.54) is 18.3 Å². The fourth-order valence-corrected chi connectivity index (χ4v) is 4.53. The van der Waals surface area contributed by atoms with Gasteiger partial charge in [-0.15, -0.1) is 16.5 Å². The number of allylic oxidation sites excluding steroid dienone is 1. The Kier molecular flexibility index (Phi) is 7.23. The highest BCUT2D eigenvalue weighted by Crippen LogP contribution is 2.39. The zero-order valence-electron chi connectivity index (χ0n) is 16.7. The van der Waals surface area contributed by atoms with Crippen LogP contribution in [0.2, 0.25) is 5.02 Å². The summed E-state index contributed by atoms with van der Waals surface area (Å²) in [4.78, 5) is 26.4. The van der Waals surface area contributed by atoms with Gasteiger partial charge in [0.05, 0.1) is 17.9 Å². The summed E-state index contributed by atoms with van der Waals surface area (Å²) in [7, 11) is 0. The molecule has 1 amide bonds. The summed E-state index contributed by atoms with van der Waals surface area (Å²) < 4.78 is 5.20. The number of aliphatic hydroxyl groups excluding tert-OH is 1. The Morgan fingerprint density at radius 2 is 1.93 bits per heavy atom. The van der Waals surface area contributed by atoms with E-state index in [-0.39, 0.29) is 18.1 Å². The molecule has 0 atom stereocenters. The van der Waals surface area contributed by atoms with Gasteiger partial charge in [-0.3, -0.25) is 4.79 Å². The molecule has 0 saturated carbocycles. The number of aliphatic hydroxyl groups is 1. The topological polar surface area (TPSA) is 100 Å². The molecule has 1 aromatic heterocycles. The third-order valence-corrected chi connectivity index (χ3v) is 5.99. The Morgan fingerprint density at radius 1 is 1.23 bits per heavy atom. The molecule has 0 fully saturated rings. The number of nitrogens with zero attached hydrogens (tertiary/aromatic N) is 2. The second kappa shape index (κ2) is 9.86. The van der Waals surface area contributed by atoms with Crippen molar-refractivity contribution in [2.24, 2.45) is 10.2 Å². The van der Waals surface area contributed by atoms with Crippen molar-refractivity contribution in [1.29, 1.82) is 0 Å². The lowest BCUT2D eigenvalue weighted by molar-refractivity contribution is -0.113. The van der Waals surface area contributed by atoms with Gasteiger partial charge in [0.25, 0.3) is 5.91 Å². The summed E-state index contributed by atoms with van der Waals surface area (Å²) in [5, 5.41) is 21.5. The molecular weight excluding hydrogens is 426 g/mol. The monoisotopic (exact) mass is 447 g/mol. The molecular formula is C21H22ClN3O4S. The average molecular weight is 448 g/mol. The van der Waals surface area contributed by atoms with Crippen molar-refractivity contribution in [3.05, 3.63) is 56.7 Å². The van der Waals surface area contributed by atoms with E-state index in [4.69, 9.17) is 16.3 Å². The Balaban J connectivity index is 1.87. The van der Waals surface area contributed by atoms with Crippen LogP contribution >= 0.6 is 22.9 Å². The Hall–Kier alpha value is -2.71. The number of azo groups is 1. The second-order valence-electron chi connectivity index (χ2n) is 6.70. The van der Waals surface area contributed by atoms with Crippen LogP contribution in [0.25, 0.3) is 0 Å². The Labute approximate surface area is 183 Å². The first kappa shape index (κ1) is 22.0. The van der Waals surface area contributed by atoms with Crippen LogP contribution in [-0.4, -0.2) is 23.6 Å². The van der Waals surface area contributed by atoms with Crippen molar-refractivity contribution < 1.29 is 19.4 Å². The standard InChI is InChI=1S/C21H22ClN3O4S/c1-3-29-21(28)17-15-6-4-5-7-16(15)30-20(17)23-19(27)18(12(2)26)25-24-14-10-8-13(22)9-11-14/h8-11,26H,3-7H2,1-2H3,(H,23,27). The van der Waals surface area contributed by atoms with Gasteiger partial charge in [0.15, 0.2) is 5.70 Å². The predicted octanol–water partition coefficient (Wildman–Crippen LogP) is 5.97. The number of aryl methyl sites for hydroxylation is 1. The zero-order valence-corrected chi connectivity index (χ0v) is 18.3. The number of benzene rings is 1. The number of fused-ring (bicyclic) bond motifs is 1. The number of hydrogen-bond acceptors (Lipinski definition) is 7. The molecule has 30 heavy (non-hydrogen) atoms. The van der Waals surface area contributed by atoms with Crippen molar-refractivity contribution in [3.63, 3.8) is 0 Å². The van der Waals surface area contributed by atoms with Gasteiger partial charge in [0.1, 0.15) is 10.8 Å². The Morgan fingerprint density at radius 3 is 2.60 bits per heavy atom. The van der Waals surface area contributed by atoms with E-state index in [0.717, 1.165) is 36.1 Å². The predicted molar refractivity (Wildman–Crippen MR) is 117 cm³/mol. The van der Waals surface area contributed by atoms with E-state index >= 15 is 0 Å². The smallest absolute Gasteiger partial charge is 0.341 e. The van der Waals surface area contributed by atoms with Crippen molar-refractivity contribution in [2.75, 3.05) is 11.9 Å². The number of esters is 1. The molecule has 1 aliphatic rings. The first-order chi connectivity index (χ1) is 14.4. The number of carbonyl (C=O) groups excluding carboxylic acids is 2. The molecule has 0 radical (unpaired) electrons. The number of carbonyl (C=O) groups is 2. The van der Waals surface area contributed by atoms with Gasteiger partial charge in [-0.1, -0.05) is 11.6 Å². The molecule has 3 rings (SSSR count). The normalized spacial score (nSPS) is 14.2. The van der Waals surface area contributed by atoms with Gasteiger partial charge in [-0.05, 0) is 69.4 Å². The average Bonchev–Trinajstić information content (AvgIpc) is 3.07. The van der Waals surface area contributed by atoms with Gasteiger partial charge >= 0.3 is 5.97 Å². The first-order valence-corrected chi connectivity index (χ1v) is 10.8. The highest BCUT2D eigenvalue weighted by atomic mass is 35.5. The molecule has 1 aliphatic carbocycles. The number of rotatable bonds is 6. The fourth-order valence-electron chi connectivity index (χ4n) is 3.13. The van der Waals surface area contributed by atoms with Crippen LogP contribution in [-0.2, 0) is 22.4 Å². The minimum absolute atomic E-state index is 0.243. The van der Waals surface area contributed by atoms with Crippen LogP contribution < -0.4 is 5.32 Å². The largest absolute Gasteiger partial charge is 0.510 e. The number of amides is 1. The fraction of sp³-hybridized carbons (Fsp3) is 0.333. The number of anilines is 1. The first-order valence-electron chi connectivity index (χ1n) is 9.60. The third kappa shape index (κ3) is 5.06. The SMILES string of the molecule is CCOC(=O)c1c(NC(=O)C(N=Nc2ccc(Cl)cc2)=C(C)O)sc2c1CCCC2. The van der Waals surface area contributed by atoms with E-state index in [0.29, 0.717) is 21.3 Å². The second-order valence-corrected chi connectivity index (χ2v) is 8.24. The summed E-state index contributed by atoms with van der Waals surface area (Å²) in [6.07, 6.45) is 3.66. The molecule has 0 spiro atoms. The van der Waals surface area contributed by atoms with E-state index in [9.17, 15) is 14.7 Å². The van der Waals surface area contributed by atoms with E-state index in [1.54, 1.807) is 31.2 Å². The van der Waals surface area contributed by atoms with Crippen LogP contribution in [0, 0.1) is 0 Å². The quantitative estimate of drug-likeness (QED) is 0.246. The third-order valence-electron chi connectivity index (χ3n) is 4.53. The summed E-state index contributed by atoms with van der Waals surface area (Å²) in [6.45, 7) is 3.33. The minimum Gasteiger partial charge on any atom is -0.510 e. The highest BCUT2D eigenvalue weighted by Gasteiger charge is 2.28. The molecule has 2 N–H and O–H groups in total. The number of ether oxygens (including phenoxy) is 1. The molecule has 7 nitrogen and oxygen atoms in total. The maximum atomic E-state index is 12.8. The number of thiophene rings is 1. The van der Waals surface area contributed by atoms with E-state index in [2.05, 4.69) is 15.5 Å². The zero-order chi connectivity index (χ0) is 21.7. The van der Waals surface area contributed by atoms with Crippen molar-refractivity contribution in [1.82, 2.24) is 0 Å². The number of halogens is 1. The van der Waals surface area contributed by atoms with Crippen LogP contribution in [0.5, 0.6) is 0 Å². The molecule has 0 unspecified atom stereocenters. The minimum atomic E-state index is -0.656. The van der Waals surface area contributed by atoms with Crippen LogP contribution in [0.15, 0.2) is 46.0 Å². The molecule has 0 aliphatic heterocycles. The summed E-state index contributed by atoms with van der Waals surface area (Å²) in [6, 6.07) is 6.57. The van der Waals surface area contributed by atoms with E-state index in [1.807, 2.05) is 0 Å². The van der Waals surface area contributed by atoms with Crippen LogP contribution in [0.1, 0.15) is 47.5 Å². The highest BCUT2D eigenvalue weighted by molar-refractivity contribution is 7.17. The molecule has 158 valence electrons. The molecule has 1 heterocycles. The molecule has 0 saturated heterocycles. The van der Waals surface area contributed by atoms with Gasteiger partial charge in [-0.2, -0.15) is 5.11 Å². The maximum absolute atomic E-state index is 12.8. The lowest BCUT2D eigenvalue weighted by Gasteiger charge is -2.12. The van der Waals surface area contributed by atoms with Crippen molar-refractivity contribution >= 4 is 45.5 Å². The molecule has 0 bridgehead atoms. The van der Waals surface area contributed by atoms with Gasteiger partial charge in [0, 0.05) is 9.90 Å². The molecule has 9 heteroatoms. The lowest BCUT2D eigenvalue weighted by atomic mass is 9.95. The van der Waals surface area contributed by atoms with Crippen molar-refractivity contribution in [3.8, 4) is 0 Å². The van der Waals surface area contributed by atoms with Crippen molar-refractivity contribution in [2.45, 2.75) is 39.5 Å². The Bertz CT molecular complexity index is 1010. The van der Waals surface area contributed by atoms with Gasteiger partial charge in [-0.25, -0.2) is 4.79 Å². The summed E-state index contributed by atoms with van der Waals surface area (Å²) in [5.74, 6) is -1.40. The number of hydrogen-bond donors (Lipinski definition) is 2. The molecule has 2 aromatic rings. The van der Waals surface area contributed by atoms with Crippen LogP contribution in [0.3, 0.4) is 0 Å². The number of nitrogens with one attached hydrogen (secondary N) is 1. The van der Waals surface area contributed by atoms with Gasteiger partial charge < -0.3 is 15.2 Å². The van der Waals surface area contributed by atoms with Gasteiger partial charge in [0.2, 0.25) is 0 Å². The summed E-state index contributed by atoms with van der Waals surface area (Å²) in [5.41, 5.74) is 1.57. The van der Waals surface area contributed by atoms with E-state index < -0.39 is 11.9 Å². The maximum Gasteiger partial charge on any atom is 0.341 e.